The Kier molecular flexibility index (Phi) is 3.84. The van der Waals surface area contributed by atoms with E-state index in [0.717, 1.165) is 6.42 Å². The van der Waals surface area contributed by atoms with Crippen molar-refractivity contribution >= 4 is 11.8 Å². The molecule has 2 heterocycles. The molecule has 0 aliphatic carbocycles. The van der Waals surface area contributed by atoms with E-state index in [2.05, 4.69) is 18.9 Å². The maximum Gasteiger partial charge on any atom is 0.295 e. The average Bonchev–Trinajstić information content (AvgIpc) is 2.81. The first kappa shape index (κ1) is 13.5. The van der Waals surface area contributed by atoms with Gasteiger partial charge in [-0.2, -0.15) is 5.10 Å². The number of fused-ring (bicyclic) bond motifs is 1. The fourth-order valence-corrected chi connectivity index (χ4v) is 2.03. The van der Waals surface area contributed by atoms with Gasteiger partial charge in [0.05, 0.1) is 6.54 Å². The number of nitrogens with one attached hydrogen (secondary N) is 1. The summed E-state index contributed by atoms with van der Waals surface area (Å²) in [5.74, 6) is -0.282. The van der Waals surface area contributed by atoms with Crippen LogP contribution < -0.4 is 5.48 Å². The van der Waals surface area contributed by atoms with Crippen LogP contribution in [0.3, 0.4) is 0 Å². The summed E-state index contributed by atoms with van der Waals surface area (Å²) in [5, 5.41) is 12.6. The summed E-state index contributed by atoms with van der Waals surface area (Å²) in [6.07, 6.45) is 0.948. The summed E-state index contributed by atoms with van der Waals surface area (Å²) >= 11 is 0. The van der Waals surface area contributed by atoms with Crippen molar-refractivity contribution in [1.82, 2.24) is 20.2 Å². The second kappa shape index (κ2) is 5.40. The summed E-state index contributed by atoms with van der Waals surface area (Å²) < 4.78 is 1.51. The Morgan fingerprint density at radius 3 is 2.89 bits per heavy atom. The van der Waals surface area contributed by atoms with Gasteiger partial charge >= 0.3 is 0 Å². The van der Waals surface area contributed by atoms with Crippen molar-refractivity contribution in [1.29, 1.82) is 0 Å². The molecule has 104 valence electrons. The van der Waals surface area contributed by atoms with E-state index in [1.165, 1.54) is 16.2 Å². The summed E-state index contributed by atoms with van der Waals surface area (Å²) in [5.41, 5.74) is 1.97. The van der Waals surface area contributed by atoms with Crippen LogP contribution in [0.15, 0.2) is 6.07 Å². The third-order valence-electron chi connectivity index (χ3n) is 3.18. The Labute approximate surface area is 111 Å². The average molecular weight is 266 g/mol. The normalized spacial score (nSPS) is 14.7. The Morgan fingerprint density at radius 1 is 1.53 bits per heavy atom. The van der Waals surface area contributed by atoms with Crippen LogP contribution >= 0.6 is 0 Å². The Balaban J connectivity index is 2.14. The first-order valence-electron chi connectivity index (χ1n) is 6.34. The van der Waals surface area contributed by atoms with Crippen LogP contribution in [0.4, 0.5) is 0 Å². The third-order valence-corrected chi connectivity index (χ3v) is 3.18. The molecule has 0 bridgehead atoms. The van der Waals surface area contributed by atoms with Crippen molar-refractivity contribution in [2.75, 3.05) is 13.1 Å². The van der Waals surface area contributed by atoms with E-state index in [0.29, 0.717) is 31.2 Å². The molecule has 7 nitrogen and oxygen atoms in total. The van der Waals surface area contributed by atoms with Gasteiger partial charge in [0.15, 0.2) is 5.69 Å². The second-order valence-corrected chi connectivity index (χ2v) is 5.05. The maximum absolute atomic E-state index is 12.2. The molecule has 2 N–H and O–H groups in total. The van der Waals surface area contributed by atoms with Crippen LogP contribution in [0.5, 0.6) is 0 Å². The van der Waals surface area contributed by atoms with Crippen molar-refractivity contribution in [3.8, 4) is 0 Å². The molecule has 7 heteroatoms. The SMILES string of the molecule is CC(C)CCN1CCn2nc(C(=O)NO)cc2C1=O. The van der Waals surface area contributed by atoms with Crippen molar-refractivity contribution in [2.24, 2.45) is 5.92 Å². The molecule has 2 amide bonds. The molecule has 0 aromatic carbocycles. The molecule has 1 aromatic heterocycles. The Hall–Kier alpha value is -1.89. The van der Waals surface area contributed by atoms with Gasteiger partial charge in [0.2, 0.25) is 0 Å². The molecule has 1 aliphatic heterocycles. The Morgan fingerprint density at radius 2 is 2.26 bits per heavy atom. The molecule has 0 spiro atoms. The monoisotopic (exact) mass is 266 g/mol. The Bertz CT molecular complexity index is 495. The highest BCUT2D eigenvalue weighted by atomic mass is 16.5. The smallest absolute Gasteiger partial charge is 0.295 e. The van der Waals surface area contributed by atoms with Gasteiger partial charge in [0.1, 0.15) is 5.69 Å². The van der Waals surface area contributed by atoms with Crippen molar-refractivity contribution in [3.63, 3.8) is 0 Å². The fraction of sp³-hybridized carbons (Fsp3) is 0.583. The van der Waals surface area contributed by atoms with Gasteiger partial charge < -0.3 is 4.90 Å². The minimum Gasteiger partial charge on any atom is -0.335 e. The van der Waals surface area contributed by atoms with Gasteiger partial charge in [-0.1, -0.05) is 13.8 Å². The highest BCUT2D eigenvalue weighted by Gasteiger charge is 2.27. The predicted molar refractivity (Wildman–Crippen MR) is 66.8 cm³/mol. The van der Waals surface area contributed by atoms with Crippen LogP contribution in [0, 0.1) is 5.92 Å². The van der Waals surface area contributed by atoms with E-state index < -0.39 is 5.91 Å². The number of aromatic nitrogens is 2. The number of nitrogens with zero attached hydrogens (tertiary/aromatic N) is 3. The number of carbonyl (C=O) groups excluding carboxylic acids is 2. The van der Waals surface area contributed by atoms with Gasteiger partial charge in [0.25, 0.3) is 11.8 Å². The van der Waals surface area contributed by atoms with E-state index in [1.807, 2.05) is 0 Å². The summed E-state index contributed by atoms with van der Waals surface area (Å²) in [4.78, 5) is 25.3. The molecule has 1 aromatic rings. The predicted octanol–water partition coefficient (Wildman–Crippen LogP) is 0.504. The highest BCUT2D eigenvalue weighted by Crippen LogP contribution is 2.15. The lowest BCUT2D eigenvalue weighted by atomic mass is 10.1. The summed E-state index contributed by atoms with van der Waals surface area (Å²) in [7, 11) is 0. The zero-order valence-corrected chi connectivity index (χ0v) is 11.1. The largest absolute Gasteiger partial charge is 0.335 e. The van der Waals surface area contributed by atoms with Crippen molar-refractivity contribution in [3.05, 3.63) is 17.5 Å². The lowest BCUT2D eigenvalue weighted by molar-refractivity contribution is 0.0681. The summed E-state index contributed by atoms with van der Waals surface area (Å²) in [6, 6.07) is 1.41. The van der Waals surface area contributed by atoms with Gasteiger partial charge in [0, 0.05) is 19.2 Å². The number of amides is 2. The van der Waals surface area contributed by atoms with E-state index in [9.17, 15) is 9.59 Å². The topological polar surface area (TPSA) is 87.5 Å². The molecule has 1 aliphatic rings. The molecule has 0 atom stereocenters. The first-order valence-corrected chi connectivity index (χ1v) is 6.34. The minimum absolute atomic E-state index is 0.0524. The lowest BCUT2D eigenvalue weighted by Gasteiger charge is -2.27. The molecule has 0 saturated heterocycles. The van der Waals surface area contributed by atoms with Gasteiger partial charge in [-0.15, -0.1) is 0 Å². The number of hydroxylamine groups is 1. The fourth-order valence-electron chi connectivity index (χ4n) is 2.03. The zero-order chi connectivity index (χ0) is 14.0. The first-order chi connectivity index (χ1) is 9.02. The molecule has 0 fully saturated rings. The minimum atomic E-state index is -0.705. The van der Waals surface area contributed by atoms with Crippen molar-refractivity contribution in [2.45, 2.75) is 26.8 Å². The standard InChI is InChI=1S/C12H18N4O3/c1-8(2)3-4-15-5-6-16-10(12(15)18)7-9(13-16)11(17)14-19/h7-8,19H,3-6H2,1-2H3,(H,14,17). The molecule has 0 unspecified atom stereocenters. The van der Waals surface area contributed by atoms with E-state index in [1.54, 1.807) is 4.90 Å². The molecule has 19 heavy (non-hydrogen) atoms. The van der Waals surface area contributed by atoms with Gasteiger partial charge in [-0.3, -0.25) is 19.5 Å². The van der Waals surface area contributed by atoms with Crippen LogP contribution in [-0.2, 0) is 6.54 Å². The third kappa shape index (κ3) is 2.76. The molecule has 0 radical (unpaired) electrons. The quantitative estimate of drug-likeness (QED) is 0.614. The number of hydrogen-bond donors (Lipinski definition) is 2. The highest BCUT2D eigenvalue weighted by molar-refractivity contribution is 5.97. The zero-order valence-electron chi connectivity index (χ0n) is 11.1. The van der Waals surface area contributed by atoms with Crippen LogP contribution in [-0.4, -0.2) is 44.8 Å². The maximum atomic E-state index is 12.2. The van der Waals surface area contributed by atoms with Gasteiger partial charge in [-0.25, -0.2) is 5.48 Å². The van der Waals surface area contributed by atoms with E-state index in [4.69, 9.17) is 5.21 Å². The summed E-state index contributed by atoms with van der Waals surface area (Å²) in [6.45, 7) is 6.10. The number of carbonyl (C=O) groups is 2. The van der Waals surface area contributed by atoms with E-state index >= 15 is 0 Å². The lowest BCUT2D eigenvalue weighted by Crippen LogP contribution is -2.41. The molecular weight excluding hydrogens is 248 g/mol. The van der Waals surface area contributed by atoms with Crippen molar-refractivity contribution < 1.29 is 14.8 Å². The molecule has 2 rings (SSSR count). The number of hydrogen-bond acceptors (Lipinski definition) is 4. The van der Waals surface area contributed by atoms with Crippen LogP contribution in [0.25, 0.3) is 0 Å². The van der Waals surface area contributed by atoms with Crippen LogP contribution in [0.1, 0.15) is 41.2 Å². The second-order valence-electron chi connectivity index (χ2n) is 5.05. The number of rotatable bonds is 4. The molecule has 0 saturated carbocycles. The van der Waals surface area contributed by atoms with Crippen LogP contribution in [0.2, 0.25) is 0 Å². The van der Waals surface area contributed by atoms with Gasteiger partial charge in [-0.05, 0) is 12.3 Å². The van der Waals surface area contributed by atoms with E-state index in [-0.39, 0.29) is 11.6 Å². The molecular formula is C12H18N4O3.